The van der Waals surface area contributed by atoms with E-state index in [1.54, 1.807) is 32.9 Å². The maximum absolute atomic E-state index is 12.0. The SMILES string of the molecule is CC(C)(C)OC(=O)NCCC=Cc1ccc(OC(F)F)cc1. The molecule has 0 aliphatic rings. The lowest BCUT2D eigenvalue weighted by Gasteiger charge is -2.19. The molecular weight excluding hydrogens is 292 g/mol. The van der Waals surface area contributed by atoms with E-state index in [0.717, 1.165) is 5.56 Å². The molecule has 0 spiro atoms. The zero-order chi connectivity index (χ0) is 16.6. The average Bonchev–Trinajstić information content (AvgIpc) is 2.37. The Morgan fingerprint density at radius 1 is 1.27 bits per heavy atom. The van der Waals surface area contributed by atoms with E-state index in [0.29, 0.717) is 13.0 Å². The molecule has 0 aromatic heterocycles. The molecule has 0 aliphatic heterocycles. The summed E-state index contributed by atoms with van der Waals surface area (Å²) in [6.07, 6.45) is 3.90. The molecule has 4 nitrogen and oxygen atoms in total. The Bertz CT molecular complexity index is 493. The van der Waals surface area contributed by atoms with Gasteiger partial charge in [0.2, 0.25) is 0 Å². The highest BCUT2D eigenvalue weighted by Gasteiger charge is 2.15. The van der Waals surface area contributed by atoms with Crippen LogP contribution >= 0.6 is 0 Å². The van der Waals surface area contributed by atoms with Gasteiger partial charge in [-0.25, -0.2) is 4.79 Å². The van der Waals surface area contributed by atoms with Gasteiger partial charge in [0.05, 0.1) is 0 Å². The van der Waals surface area contributed by atoms with E-state index in [9.17, 15) is 13.6 Å². The number of hydrogen-bond acceptors (Lipinski definition) is 3. The van der Waals surface area contributed by atoms with E-state index >= 15 is 0 Å². The van der Waals surface area contributed by atoms with Gasteiger partial charge in [-0.3, -0.25) is 0 Å². The fourth-order valence-corrected chi connectivity index (χ4v) is 1.55. The molecule has 122 valence electrons. The molecule has 0 saturated heterocycles. The van der Waals surface area contributed by atoms with Crippen LogP contribution in [0.2, 0.25) is 0 Å². The van der Waals surface area contributed by atoms with Crippen LogP contribution in [-0.2, 0) is 4.74 Å². The van der Waals surface area contributed by atoms with Crippen LogP contribution in [-0.4, -0.2) is 24.9 Å². The molecule has 1 N–H and O–H groups in total. The number of ether oxygens (including phenoxy) is 2. The molecule has 0 aliphatic carbocycles. The van der Waals surface area contributed by atoms with Gasteiger partial charge in [0.25, 0.3) is 0 Å². The van der Waals surface area contributed by atoms with Crippen molar-refractivity contribution >= 4 is 12.2 Å². The molecule has 0 radical (unpaired) electrons. The van der Waals surface area contributed by atoms with E-state index in [-0.39, 0.29) is 5.75 Å². The third kappa shape index (κ3) is 8.24. The van der Waals surface area contributed by atoms with Gasteiger partial charge in [-0.2, -0.15) is 8.78 Å². The van der Waals surface area contributed by atoms with E-state index in [1.807, 2.05) is 12.2 Å². The van der Waals surface area contributed by atoms with Gasteiger partial charge in [-0.15, -0.1) is 0 Å². The lowest BCUT2D eigenvalue weighted by Crippen LogP contribution is -2.32. The number of carbonyl (C=O) groups excluding carboxylic acids is 1. The number of halogens is 2. The van der Waals surface area contributed by atoms with E-state index in [4.69, 9.17) is 4.74 Å². The summed E-state index contributed by atoms with van der Waals surface area (Å²) < 4.78 is 33.3. The van der Waals surface area contributed by atoms with Crippen molar-refractivity contribution < 1.29 is 23.0 Å². The number of carbonyl (C=O) groups is 1. The first-order valence-corrected chi connectivity index (χ1v) is 6.94. The molecule has 6 heteroatoms. The highest BCUT2D eigenvalue weighted by atomic mass is 19.3. The van der Waals surface area contributed by atoms with Gasteiger partial charge in [0.15, 0.2) is 0 Å². The summed E-state index contributed by atoms with van der Waals surface area (Å²) in [6.45, 7) is 3.04. The second-order valence-electron chi connectivity index (χ2n) is 5.57. The van der Waals surface area contributed by atoms with Gasteiger partial charge in [0, 0.05) is 6.54 Å². The number of alkyl carbamates (subject to hydrolysis) is 1. The Hall–Kier alpha value is -2.11. The third-order valence-electron chi connectivity index (χ3n) is 2.39. The molecule has 0 heterocycles. The first-order chi connectivity index (χ1) is 10.3. The fourth-order valence-electron chi connectivity index (χ4n) is 1.55. The first kappa shape index (κ1) is 17.9. The highest BCUT2D eigenvalue weighted by molar-refractivity contribution is 5.67. The third-order valence-corrected chi connectivity index (χ3v) is 2.39. The normalized spacial score (nSPS) is 11.7. The van der Waals surface area contributed by atoms with Crippen molar-refractivity contribution in [1.29, 1.82) is 0 Å². The van der Waals surface area contributed by atoms with Crippen LogP contribution in [0, 0.1) is 0 Å². The maximum Gasteiger partial charge on any atom is 0.407 e. The molecular formula is C16H21F2NO3. The van der Waals surface area contributed by atoms with Gasteiger partial charge in [0.1, 0.15) is 11.4 Å². The summed E-state index contributed by atoms with van der Waals surface area (Å²) in [7, 11) is 0. The molecule has 0 fully saturated rings. The number of nitrogens with one attached hydrogen (secondary N) is 1. The van der Waals surface area contributed by atoms with Gasteiger partial charge in [-0.05, 0) is 44.9 Å². The van der Waals surface area contributed by atoms with Crippen LogP contribution in [0.15, 0.2) is 30.3 Å². The van der Waals surface area contributed by atoms with Crippen molar-refractivity contribution in [1.82, 2.24) is 5.32 Å². The fraction of sp³-hybridized carbons (Fsp3) is 0.438. The summed E-state index contributed by atoms with van der Waals surface area (Å²) >= 11 is 0. The Balaban J connectivity index is 2.30. The molecule has 1 rings (SSSR count). The van der Waals surface area contributed by atoms with E-state index in [1.165, 1.54) is 12.1 Å². The highest BCUT2D eigenvalue weighted by Crippen LogP contribution is 2.15. The first-order valence-electron chi connectivity index (χ1n) is 6.94. The van der Waals surface area contributed by atoms with Crippen LogP contribution < -0.4 is 10.1 Å². The largest absolute Gasteiger partial charge is 0.444 e. The minimum absolute atomic E-state index is 0.124. The molecule has 0 atom stereocenters. The smallest absolute Gasteiger partial charge is 0.407 e. The second-order valence-corrected chi connectivity index (χ2v) is 5.57. The van der Waals surface area contributed by atoms with Gasteiger partial charge >= 0.3 is 12.7 Å². The standard InChI is InChI=1S/C16H21F2NO3/c1-16(2,3)22-15(20)19-11-5-4-6-12-7-9-13(10-8-12)21-14(17)18/h4,6-10,14H,5,11H2,1-3H3,(H,19,20). The van der Waals surface area contributed by atoms with Crippen molar-refractivity contribution in [2.24, 2.45) is 0 Å². The quantitative estimate of drug-likeness (QED) is 0.800. The molecule has 0 saturated carbocycles. The number of alkyl halides is 2. The number of amides is 1. The van der Waals surface area contributed by atoms with E-state index in [2.05, 4.69) is 10.1 Å². The van der Waals surface area contributed by atoms with Gasteiger partial charge in [-0.1, -0.05) is 24.3 Å². The summed E-state index contributed by atoms with van der Waals surface area (Å²) in [6, 6.07) is 6.31. The molecule has 1 aromatic rings. The van der Waals surface area contributed by atoms with Crippen molar-refractivity contribution in [3.63, 3.8) is 0 Å². The summed E-state index contributed by atoms with van der Waals surface area (Å²) in [5.74, 6) is 0.124. The number of rotatable bonds is 6. The van der Waals surface area contributed by atoms with Crippen molar-refractivity contribution in [2.45, 2.75) is 39.4 Å². The zero-order valence-electron chi connectivity index (χ0n) is 12.9. The van der Waals surface area contributed by atoms with Crippen LogP contribution in [0.3, 0.4) is 0 Å². The minimum Gasteiger partial charge on any atom is -0.444 e. The van der Waals surface area contributed by atoms with Crippen molar-refractivity contribution in [2.75, 3.05) is 6.54 Å². The predicted octanol–water partition coefficient (Wildman–Crippen LogP) is 4.22. The Morgan fingerprint density at radius 3 is 2.45 bits per heavy atom. The van der Waals surface area contributed by atoms with Crippen LogP contribution in [0.4, 0.5) is 13.6 Å². The molecule has 0 unspecified atom stereocenters. The Morgan fingerprint density at radius 2 is 1.91 bits per heavy atom. The molecule has 1 aromatic carbocycles. The Kier molecular flexibility index (Phi) is 6.82. The lowest BCUT2D eigenvalue weighted by atomic mass is 10.2. The predicted molar refractivity (Wildman–Crippen MR) is 81.0 cm³/mol. The van der Waals surface area contributed by atoms with Crippen molar-refractivity contribution in [3.05, 3.63) is 35.9 Å². The minimum atomic E-state index is -2.82. The summed E-state index contributed by atoms with van der Waals surface area (Å²) in [4.78, 5) is 11.4. The summed E-state index contributed by atoms with van der Waals surface area (Å²) in [5, 5.41) is 2.64. The topological polar surface area (TPSA) is 47.6 Å². The molecule has 1 amide bonds. The monoisotopic (exact) mass is 313 g/mol. The number of hydrogen-bond donors (Lipinski definition) is 1. The zero-order valence-corrected chi connectivity index (χ0v) is 12.9. The van der Waals surface area contributed by atoms with Crippen LogP contribution in [0.1, 0.15) is 32.8 Å². The lowest BCUT2D eigenvalue weighted by molar-refractivity contribution is -0.0498. The van der Waals surface area contributed by atoms with Crippen LogP contribution in [0.25, 0.3) is 6.08 Å². The second kappa shape index (κ2) is 8.36. The maximum atomic E-state index is 12.0. The molecule has 0 bridgehead atoms. The average molecular weight is 313 g/mol. The summed E-state index contributed by atoms with van der Waals surface area (Å²) in [5.41, 5.74) is 0.348. The van der Waals surface area contributed by atoms with E-state index < -0.39 is 18.3 Å². The Labute approximate surface area is 129 Å². The molecule has 22 heavy (non-hydrogen) atoms. The van der Waals surface area contributed by atoms with Gasteiger partial charge < -0.3 is 14.8 Å². The van der Waals surface area contributed by atoms with Crippen LogP contribution in [0.5, 0.6) is 5.75 Å². The number of benzene rings is 1. The van der Waals surface area contributed by atoms with Crippen molar-refractivity contribution in [3.8, 4) is 5.75 Å².